The number of Topliss-reactive ketones (excluding diaryl/α,β-unsaturated/α-hetero) is 1. The number of hydrogen-bond donors (Lipinski definition) is 0. The van der Waals surface area contributed by atoms with Gasteiger partial charge in [0.2, 0.25) is 0 Å². The Morgan fingerprint density at radius 2 is 2.05 bits per heavy atom. The highest BCUT2D eigenvalue weighted by Crippen LogP contribution is 2.21. The smallest absolute Gasteiger partial charge is 0.198 e. The summed E-state index contributed by atoms with van der Waals surface area (Å²) in [6.07, 6.45) is 1.87. The second kappa shape index (κ2) is 6.32. The summed E-state index contributed by atoms with van der Waals surface area (Å²) >= 11 is 0. The van der Waals surface area contributed by atoms with E-state index in [0.717, 1.165) is 25.1 Å². The van der Waals surface area contributed by atoms with E-state index in [4.69, 9.17) is 4.74 Å². The van der Waals surface area contributed by atoms with Gasteiger partial charge in [0.15, 0.2) is 5.78 Å². The molecule has 0 atom stereocenters. The van der Waals surface area contributed by atoms with Crippen LogP contribution in [0.5, 0.6) is 0 Å². The van der Waals surface area contributed by atoms with Crippen molar-refractivity contribution in [3.05, 3.63) is 47.2 Å². The first-order chi connectivity index (χ1) is 9.24. The first kappa shape index (κ1) is 13.5. The highest BCUT2D eigenvalue weighted by Gasteiger charge is 2.23. The second-order valence-electron chi connectivity index (χ2n) is 4.49. The summed E-state index contributed by atoms with van der Waals surface area (Å²) in [7, 11) is 0. The molecule has 2 rings (SSSR count). The number of carbonyl (C=O) groups excluding carboxylic acids is 1. The predicted octanol–water partition coefficient (Wildman–Crippen LogP) is 3.41. The maximum absolute atomic E-state index is 12.6. The van der Waals surface area contributed by atoms with Crippen LogP contribution in [0.3, 0.4) is 0 Å². The van der Waals surface area contributed by atoms with Gasteiger partial charge >= 0.3 is 0 Å². The van der Waals surface area contributed by atoms with Crippen LogP contribution in [0, 0.1) is 0 Å². The van der Waals surface area contributed by atoms with Crippen molar-refractivity contribution in [1.29, 1.82) is 0 Å². The number of hydrogen-bond acceptors (Lipinski definition) is 3. The van der Waals surface area contributed by atoms with Crippen LogP contribution in [0.1, 0.15) is 37.0 Å². The molecule has 19 heavy (non-hydrogen) atoms. The highest BCUT2D eigenvalue weighted by atomic mass is 16.5. The van der Waals surface area contributed by atoms with Gasteiger partial charge in [0.05, 0.1) is 12.2 Å². The monoisotopic (exact) mass is 257 g/mol. The number of ketones is 1. The van der Waals surface area contributed by atoms with Crippen LogP contribution in [0.4, 0.5) is 0 Å². The lowest BCUT2D eigenvalue weighted by molar-refractivity contribution is 0.103. The summed E-state index contributed by atoms with van der Waals surface area (Å²) in [6, 6.07) is 9.31. The molecular weight excluding hydrogens is 238 g/mol. The van der Waals surface area contributed by atoms with E-state index in [9.17, 15) is 4.79 Å². The first-order valence-electron chi connectivity index (χ1n) is 6.71. The SMILES string of the molecule is CCOC(C)=C(C(=O)c1ccccc1)C1=NCCC1. The minimum Gasteiger partial charge on any atom is -0.498 e. The molecule has 0 saturated heterocycles. The molecule has 0 fully saturated rings. The molecule has 0 spiro atoms. The van der Waals surface area contributed by atoms with Crippen molar-refractivity contribution in [1.82, 2.24) is 0 Å². The van der Waals surface area contributed by atoms with E-state index in [1.807, 2.05) is 44.2 Å². The Morgan fingerprint density at radius 3 is 2.63 bits per heavy atom. The molecule has 1 aromatic rings. The lowest BCUT2D eigenvalue weighted by atomic mass is 9.97. The average Bonchev–Trinajstić information content (AvgIpc) is 2.94. The molecule has 1 aliphatic rings. The Balaban J connectivity index is 2.38. The van der Waals surface area contributed by atoms with Crippen molar-refractivity contribution in [3.63, 3.8) is 0 Å². The molecule has 0 unspecified atom stereocenters. The molecule has 1 aromatic carbocycles. The van der Waals surface area contributed by atoms with Gasteiger partial charge in [-0.3, -0.25) is 9.79 Å². The normalized spacial score (nSPS) is 15.8. The summed E-state index contributed by atoms with van der Waals surface area (Å²) in [5, 5.41) is 0. The lowest BCUT2D eigenvalue weighted by Crippen LogP contribution is -2.15. The summed E-state index contributed by atoms with van der Waals surface area (Å²) in [6.45, 7) is 5.13. The minimum absolute atomic E-state index is 0.00667. The molecular formula is C16H19NO2. The fraction of sp³-hybridized carbons (Fsp3) is 0.375. The summed E-state index contributed by atoms with van der Waals surface area (Å²) < 4.78 is 5.54. The lowest BCUT2D eigenvalue weighted by Gasteiger charge is -2.12. The molecule has 0 N–H and O–H groups in total. The van der Waals surface area contributed by atoms with Gasteiger partial charge in [-0.1, -0.05) is 30.3 Å². The van der Waals surface area contributed by atoms with Gasteiger partial charge in [0.25, 0.3) is 0 Å². The second-order valence-corrected chi connectivity index (χ2v) is 4.49. The zero-order valence-electron chi connectivity index (χ0n) is 11.5. The number of aliphatic imine (C=N–C) groups is 1. The van der Waals surface area contributed by atoms with Gasteiger partial charge in [-0.15, -0.1) is 0 Å². The third-order valence-corrected chi connectivity index (χ3v) is 3.14. The van der Waals surface area contributed by atoms with Crippen LogP contribution in [0.15, 0.2) is 46.7 Å². The van der Waals surface area contributed by atoms with E-state index >= 15 is 0 Å². The molecule has 0 radical (unpaired) electrons. The third kappa shape index (κ3) is 3.11. The molecule has 3 nitrogen and oxygen atoms in total. The predicted molar refractivity (Wildman–Crippen MR) is 76.6 cm³/mol. The Morgan fingerprint density at radius 1 is 1.32 bits per heavy atom. The van der Waals surface area contributed by atoms with Crippen molar-refractivity contribution < 1.29 is 9.53 Å². The van der Waals surface area contributed by atoms with E-state index in [1.165, 1.54) is 0 Å². The molecule has 1 heterocycles. The van der Waals surface area contributed by atoms with E-state index in [2.05, 4.69) is 4.99 Å². The fourth-order valence-corrected chi connectivity index (χ4v) is 2.26. The van der Waals surface area contributed by atoms with E-state index in [0.29, 0.717) is 23.5 Å². The van der Waals surface area contributed by atoms with Gasteiger partial charge in [-0.25, -0.2) is 0 Å². The van der Waals surface area contributed by atoms with Crippen molar-refractivity contribution >= 4 is 11.5 Å². The number of carbonyl (C=O) groups is 1. The van der Waals surface area contributed by atoms with Crippen molar-refractivity contribution in [2.45, 2.75) is 26.7 Å². The number of benzene rings is 1. The first-order valence-corrected chi connectivity index (χ1v) is 6.71. The van der Waals surface area contributed by atoms with Gasteiger partial charge < -0.3 is 4.74 Å². The number of allylic oxidation sites excluding steroid dienone is 2. The van der Waals surface area contributed by atoms with Crippen molar-refractivity contribution in [2.24, 2.45) is 4.99 Å². The van der Waals surface area contributed by atoms with E-state index in [-0.39, 0.29) is 5.78 Å². The molecule has 0 aliphatic carbocycles. The van der Waals surface area contributed by atoms with Gasteiger partial charge in [-0.05, 0) is 26.7 Å². The Kier molecular flexibility index (Phi) is 4.50. The number of ether oxygens (including phenoxy) is 1. The summed E-state index contributed by atoms with van der Waals surface area (Å²) in [5.74, 6) is 0.684. The summed E-state index contributed by atoms with van der Waals surface area (Å²) in [5.41, 5.74) is 2.22. The molecule has 0 saturated carbocycles. The van der Waals surface area contributed by atoms with Crippen LogP contribution in [-0.2, 0) is 4.74 Å². The van der Waals surface area contributed by atoms with Crippen LogP contribution in [0.2, 0.25) is 0 Å². The Bertz CT molecular complexity index is 515. The van der Waals surface area contributed by atoms with Crippen molar-refractivity contribution in [3.8, 4) is 0 Å². The fourth-order valence-electron chi connectivity index (χ4n) is 2.26. The van der Waals surface area contributed by atoms with Crippen molar-refractivity contribution in [2.75, 3.05) is 13.2 Å². The van der Waals surface area contributed by atoms with Gasteiger partial charge in [0, 0.05) is 17.8 Å². The van der Waals surface area contributed by atoms with Crippen LogP contribution < -0.4 is 0 Å². The molecule has 1 aliphatic heterocycles. The minimum atomic E-state index is 0.00667. The number of nitrogens with zero attached hydrogens (tertiary/aromatic N) is 1. The highest BCUT2D eigenvalue weighted by molar-refractivity contribution is 6.28. The average molecular weight is 257 g/mol. The molecule has 0 amide bonds. The molecule has 0 bridgehead atoms. The quantitative estimate of drug-likeness (QED) is 0.460. The molecule has 100 valence electrons. The van der Waals surface area contributed by atoms with Crippen LogP contribution in [-0.4, -0.2) is 24.6 Å². The van der Waals surface area contributed by atoms with Crippen LogP contribution >= 0.6 is 0 Å². The summed E-state index contributed by atoms with van der Waals surface area (Å²) in [4.78, 5) is 17.1. The maximum Gasteiger partial charge on any atom is 0.198 e. The molecule has 3 heteroatoms. The standard InChI is InChI=1S/C16H19NO2/c1-3-19-12(2)15(14-10-7-11-17-14)16(18)13-8-5-4-6-9-13/h4-6,8-9H,3,7,10-11H2,1-2H3. The maximum atomic E-state index is 12.6. The van der Waals surface area contributed by atoms with E-state index in [1.54, 1.807) is 0 Å². The largest absolute Gasteiger partial charge is 0.498 e. The van der Waals surface area contributed by atoms with Gasteiger partial charge in [0.1, 0.15) is 5.76 Å². The van der Waals surface area contributed by atoms with E-state index < -0.39 is 0 Å². The topological polar surface area (TPSA) is 38.7 Å². The Hall–Kier alpha value is -1.90. The van der Waals surface area contributed by atoms with Crippen LogP contribution in [0.25, 0.3) is 0 Å². The zero-order valence-corrected chi connectivity index (χ0v) is 11.5. The zero-order chi connectivity index (χ0) is 13.7. The Labute approximate surface area is 114 Å². The third-order valence-electron chi connectivity index (χ3n) is 3.14. The number of rotatable bonds is 5. The molecule has 0 aromatic heterocycles. The van der Waals surface area contributed by atoms with Gasteiger partial charge in [-0.2, -0.15) is 0 Å².